The summed E-state index contributed by atoms with van der Waals surface area (Å²) in [6, 6.07) is 1.82. The summed E-state index contributed by atoms with van der Waals surface area (Å²) in [7, 11) is 0. The van der Waals surface area contributed by atoms with Crippen LogP contribution in [0.4, 0.5) is 0 Å². The first kappa shape index (κ1) is 19.9. The largest absolute Gasteiger partial charge is 0.481 e. The van der Waals surface area contributed by atoms with E-state index in [-0.39, 0.29) is 36.3 Å². The van der Waals surface area contributed by atoms with E-state index >= 15 is 0 Å². The van der Waals surface area contributed by atoms with Crippen LogP contribution in [0.3, 0.4) is 0 Å². The second-order valence-corrected chi connectivity index (χ2v) is 8.04. The number of allylic oxidation sites excluding steroid dienone is 1. The number of carbonyl (C=O) groups excluding carboxylic acids is 3. The van der Waals surface area contributed by atoms with Crippen LogP contribution in [0.5, 0.6) is 0 Å². The lowest BCUT2D eigenvalue weighted by atomic mass is 9.98. The van der Waals surface area contributed by atoms with Gasteiger partial charge in [-0.3, -0.25) is 24.2 Å². The van der Waals surface area contributed by atoms with E-state index in [9.17, 15) is 14.4 Å². The second-order valence-electron chi connectivity index (χ2n) is 8.04. The lowest BCUT2D eigenvalue weighted by Crippen LogP contribution is -2.41. The fraction of sp³-hybridized carbons (Fsp3) is 0.450. The zero-order valence-electron chi connectivity index (χ0n) is 17.0. The van der Waals surface area contributed by atoms with Crippen LogP contribution < -0.4 is 5.32 Å². The summed E-state index contributed by atoms with van der Waals surface area (Å²) in [5.74, 6) is -0.648. The summed E-state index contributed by atoms with van der Waals surface area (Å²) in [5.41, 5.74) is 1.18. The van der Waals surface area contributed by atoms with Gasteiger partial charge in [0.15, 0.2) is 17.2 Å². The Balaban J connectivity index is 1.39. The molecular formula is C20H24N6O4. The minimum Gasteiger partial charge on any atom is -0.481 e. The Labute approximate surface area is 173 Å². The van der Waals surface area contributed by atoms with Crippen LogP contribution in [-0.4, -0.2) is 61.2 Å². The second kappa shape index (κ2) is 7.77. The highest BCUT2D eigenvalue weighted by molar-refractivity contribution is 6.02. The number of rotatable bonds is 5. The predicted octanol–water partition coefficient (Wildman–Crippen LogP) is 0.573. The average Bonchev–Trinajstić information content (AvgIpc) is 3.34. The first-order chi connectivity index (χ1) is 14.3. The summed E-state index contributed by atoms with van der Waals surface area (Å²) in [6.45, 7) is 5.25. The van der Waals surface area contributed by atoms with Crippen molar-refractivity contribution in [2.24, 2.45) is 0 Å². The summed E-state index contributed by atoms with van der Waals surface area (Å²) in [4.78, 5) is 38.9. The van der Waals surface area contributed by atoms with Gasteiger partial charge in [0.05, 0.1) is 18.8 Å². The molecule has 2 aromatic rings. The maximum atomic E-state index is 12.8. The van der Waals surface area contributed by atoms with Crippen LogP contribution in [0.25, 0.3) is 0 Å². The van der Waals surface area contributed by atoms with E-state index < -0.39 is 5.60 Å². The number of ether oxygens (including phenoxy) is 1. The van der Waals surface area contributed by atoms with E-state index in [1.165, 1.54) is 6.08 Å². The van der Waals surface area contributed by atoms with Gasteiger partial charge in [0, 0.05) is 43.5 Å². The number of aromatic amines is 1. The highest BCUT2D eigenvalue weighted by Crippen LogP contribution is 2.27. The number of nitrogens with zero attached hydrogens (tertiary/aromatic N) is 4. The smallest absolute Gasteiger partial charge is 0.289 e. The molecule has 2 amide bonds. The third-order valence-electron chi connectivity index (χ3n) is 5.11. The molecule has 0 fully saturated rings. The summed E-state index contributed by atoms with van der Waals surface area (Å²) in [6.07, 6.45) is 5.52. The van der Waals surface area contributed by atoms with Crippen LogP contribution in [-0.2, 0) is 33.8 Å². The van der Waals surface area contributed by atoms with Crippen molar-refractivity contribution in [1.29, 1.82) is 0 Å². The molecule has 0 spiro atoms. The SMILES string of the molecule is CC1(C)CC(=O)C=C(C(=O)N2CCc3c(C(=O)NCCn4cccn4)n[nH]c3C2)O1. The first-order valence-corrected chi connectivity index (χ1v) is 9.87. The number of carbonyl (C=O) groups is 3. The quantitative estimate of drug-likeness (QED) is 0.741. The van der Waals surface area contributed by atoms with E-state index in [4.69, 9.17) is 4.74 Å². The number of hydrogen-bond acceptors (Lipinski definition) is 6. The van der Waals surface area contributed by atoms with Crippen LogP contribution in [0, 0.1) is 0 Å². The van der Waals surface area contributed by atoms with Crippen LogP contribution in [0.2, 0.25) is 0 Å². The fourth-order valence-corrected chi connectivity index (χ4v) is 3.72. The molecule has 0 unspecified atom stereocenters. The molecule has 0 aromatic carbocycles. The molecule has 2 aromatic heterocycles. The van der Waals surface area contributed by atoms with Crippen molar-refractivity contribution >= 4 is 17.6 Å². The molecule has 2 N–H and O–H groups in total. The maximum absolute atomic E-state index is 12.8. The molecule has 0 radical (unpaired) electrons. The lowest BCUT2D eigenvalue weighted by molar-refractivity contribution is -0.138. The number of aromatic nitrogens is 4. The summed E-state index contributed by atoms with van der Waals surface area (Å²) in [5, 5.41) is 14.0. The van der Waals surface area contributed by atoms with Crippen molar-refractivity contribution in [3.05, 3.63) is 47.2 Å². The van der Waals surface area contributed by atoms with Gasteiger partial charge in [-0.15, -0.1) is 0 Å². The molecule has 4 rings (SSSR count). The molecule has 0 aliphatic carbocycles. The van der Waals surface area contributed by atoms with E-state index in [2.05, 4.69) is 20.6 Å². The van der Waals surface area contributed by atoms with E-state index in [1.54, 1.807) is 29.6 Å². The van der Waals surface area contributed by atoms with Gasteiger partial charge in [-0.2, -0.15) is 10.2 Å². The molecule has 10 nitrogen and oxygen atoms in total. The third-order valence-corrected chi connectivity index (χ3v) is 5.11. The molecular weight excluding hydrogens is 388 g/mol. The van der Waals surface area contributed by atoms with Crippen LogP contribution in [0.15, 0.2) is 30.3 Å². The van der Waals surface area contributed by atoms with Gasteiger partial charge in [-0.1, -0.05) is 0 Å². The highest BCUT2D eigenvalue weighted by atomic mass is 16.5. The molecule has 0 saturated heterocycles. The number of amides is 2. The van der Waals surface area contributed by atoms with Gasteiger partial charge >= 0.3 is 0 Å². The van der Waals surface area contributed by atoms with E-state index in [0.29, 0.717) is 37.4 Å². The Kier molecular flexibility index (Phi) is 5.15. The minimum atomic E-state index is -0.701. The Hall–Kier alpha value is -3.43. The molecule has 0 bridgehead atoms. The van der Waals surface area contributed by atoms with Gasteiger partial charge in [0.1, 0.15) is 5.60 Å². The van der Waals surface area contributed by atoms with Crippen molar-refractivity contribution in [2.75, 3.05) is 13.1 Å². The molecule has 10 heteroatoms. The molecule has 30 heavy (non-hydrogen) atoms. The average molecular weight is 412 g/mol. The standard InChI is InChI=1S/C20H24N6O4/c1-20(2)11-13(27)10-16(30-20)19(29)25-8-4-14-15(12-25)23-24-17(14)18(28)21-6-9-26-7-3-5-22-26/h3,5,7,10H,4,6,8-9,11-12H2,1-2H3,(H,21,28)(H,23,24). The van der Waals surface area contributed by atoms with Gasteiger partial charge in [-0.25, -0.2) is 0 Å². The normalized spacial score (nSPS) is 17.7. The van der Waals surface area contributed by atoms with Gasteiger partial charge in [-0.05, 0) is 26.3 Å². The molecule has 2 aliphatic rings. The van der Waals surface area contributed by atoms with Crippen LogP contribution in [0.1, 0.15) is 42.0 Å². The number of ketones is 1. The number of H-pyrrole nitrogens is 1. The lowest BCUT2D eigenvalue weighted by Gasteiger charge is -2.33. The molecule has 2 aliphatic heterocycles. The molecule has 0 atom stereocenters. The van der Waals surface area contributed by atoms with Gasteiger partial charge < -0.3 is 15.0 Å². The number of nitrogens with one attached hydrogen (secondary N) is 2. The minimum absolute atomic E-state index is 0.0656. The highest BCUT2D eigenvalue weighted by Gasteiger charge is 2.35. The summed E-state index contributed by atoms with van der Waals surface area (Å²) >= 11 is 0. The monoisotopic (exact) mass is 412 g/mol. The Morgan fingerprint density at radius 2 is 2.20 bits per heavy atom. The van der Waals surface area contributed by atoms with Crippen LogP contribution >= 0.6 is 0 Å². The molecule has 4 heterocycles. The summed E-state index contributed by atoms with van der Waals surface area (Å²) < 4.78 is 7.45. The van der Waals surface area contributed by atoms with Crippen molar-refractivity contribution in [3.63, 3.8) is 0 Å². The first-order valence-electron chi connectivity index (χ1n) is 9.87. The van der Waals surface area contributed by atoms with Crippen molar-refractivity contribution < 1.29 is 19.1 Å². The topological polar surface area (TPSA) is 122 Å². The molecule has 0 saturated carbocycles. The number of fused-ring (bicyclic) bond motifs is 1. The van der Waals surface area contributed by atoms with Crippen molar-refractivity contribution in [2.45, 2.75) is 45.4 Å². The Morgan fingerprint density at radius 1 is 1.37 bits per heavy atom. The van der Waals surface area contributed by atoms with Crippen molar-refractivity contribution in [1.82, 2.24) is 30.2 Å². The molecule has 158 valence electrons. The van der Waals surface area contributed by atoms with Crippen molar-refractivity contribution in [3.8, 4) is 0 Å². The zero-order chi connectivity index (χ0) is 21.3. The van der Waals surface area contributed by atoms with E-state index in [1.807, 2.05) is 12.3 Å². The van der Waals surface area contributed by atoms with Gasteiger partial charge in [0.2, 0.25) is 0 Å². The van der Waals surface area contributed by atoms with Gasteiger partial charge in [0.25, 0.3) is 11.8 Å². The number of hydrogen-bond donors (Lipinski definition) is 2. The Bertz CT molecular complexity index is 1000. The predicted molar refractivity (Wildman–Crippen MR) is 105 cm³/mol. The van der Waals surface area contributed by atoms with E-state index in [0.717, 1.165) is 5.56 Å². The third kappa shape index (κ3) is 4.12. The Morgan fingerprint density at radius 3 is 2.93 bits per heavy atom. The maximum Gasteiger partial charge on any atom is 0.289 e. The fourth-order valence-electron chi connectivity index (χ4n) is 3.72. The zero-order valence-corrected chi connectivity index (χ0v) is 17.0.